The molecular formula is C18H25NO4S. The molecular weight excluding hydrogens is 326 g/mol. The van der Waals surface area contributed by atoms with E-state index in [1.54, 1.807) is 24.8 Å². The van der Waals surface area contributed by atoms with Crippen molar-refractivity contribution in [1.82, 2.24) is 5.32 Å². The third-order valence-electron chi connectivity index (χ3n) is 4.33. The van der Waals surface area contributed by atoms with E-state index in [2.05, 4.69) is 19.2 Å². The molecule has 1 unspecified atom stereocenters. The number of carboxylic acid groups (broad SMARTS) is 1. The topological polar surface area (TPSA) is 75.6 Å². The zero-order chi connectivity index (χ0) is 17.7. The Bertz CT molecular complexity index is 596. The molecule has 1 aliphatic rings. The van der Waals surface area contributed by atoms with Crippen molar-refractivity contribution < 1.29 is 19.4 Å². The average molecular weight is 351 g/mol. The SMILES string of the molecule is CC(Oc1cccc(C(C)C)c1)C(=O)NC1(C(=O)O)CCSCC1. The highest BCUT2D eigenvalue weighted by molar-refractivity contribution is 7.99. The molecule has 0 saturated carbocycles. The minimum absolute atomic E-state index is 0.368. The summed E-state index contributed by atoms with van der Waals surface area (Å²) in [5.41, 5.74) is -0.0360. The predicted molar refractivity (Wildman–Crippen MR) is 95.7 cm³/mol. The van der Waals surface area contributed by atoms with Gasteiger partial charge >= 0.3 is 5.97 Å². The van der Waals surface area contributed by atoms with Crippen LogP contribution in [0.3, 0.4) is 0 Å². The predicted octanol–water partition coefficient (Wildman–Crippen LogP) is 3.04. The van der Waals surface area contributed by atoms with Crippen LogP contribution in [0, 0.1) is 0 Å². The van der Waals surface area contributed by atoms with Gasteiger partial charge in [0.15, 0.2) is 6.10 Å². The fourth-order valence-corrected chi connectivity index (χ4v) is 3.84. The lowest BCUT2D eigenvalue weighted by molar-refractivity contribution is -0.149. The first-order valence-electron chi connectivity index (χ1n) is 8.24. The van der Waals surface area contributed by atoms with Gasteiger partial charge < -0.3 is 15.2 Å². The molecule has 2 N–H and O–H groups in total. The standard InChI is InChI=1S/C18H25NO4S/c1-12(2)14-5-4-6-15(11-14)23-13(3)16(20)19-18(17(21)22)7-9-24-10-8-18/h4-6,11-13H,7-10H2,1-3H3,(H,19,20)(H,21,22). The summed E-state index contributed by atoms with van der Waals surface area (Å²) in [6, 6.07) is 7.63. The lowest BCUT2D eigenvalue weighted by atomic mass is 9.92. The summed E-state index contributed by atoms with van der Waals surface area (Å²) in [5.74, 6) is 1.10. The van der Waals surface area contributed by atoms with Crippen molar-refractivity contribution in [1.29, 1.82) is 0 Å². The van der Waals surface area contributed by atoms with Gasteiger partial charge in [-0.15, -0.1) is 0 Å². The Morgan fingerprint density at radius 2 is 1.92 bits per heavy atom. The largest absolute Gasteiger partial charge is 0.481 e. The summed E-state index contributed by atoms with van der Waals surface area (Å²) in [6.45, 7) is 5.82. The van der Waals surface area contributed by atoms with Crippen LogP contribution in [0.5, 0.6) is 5.75 Å². The first-order valence-corrected chi connectivity index (χ1v) is 9.39. The van der Waals surface area contributed by atoms with Crippen molar-refractivity contribution in [2.24, 2.45) is 0 Å². The number of hydrogen-bond donors (Lipinski definition) is 2. The van der Waals surface area contributed by atoms with Gasteiger partial charge in [0, 0.05) is 0 Å². The quantitative estimate of drug-likeness (QED) is 0.824. The van der Waals surface area contributed by atoms with Crippen LogP contribution >= 0.6 is 11.8 Å². The highest BCUT2D eigenvalue weighted by atomic mass is 32.2. The van der Waals surface area contributed by atoms with E-state index in [-0.39, 0.29) is 5.91 Å². The van der Waals surface area contributed by atoms with E-state index >= 15 is 0 Å². The number of aliphatic carboxylic acids is 1. The number of nitrogens with one attached hydrogen (secondary N) is 1. The maximum absolute atomic E-state index is 12.4. The molecule has 1 aliphatic heterocycles. The van der Waals surface area contributed by atoms with Gasteiger partial charge in [-0.25, -0.2) is 4.79 Å². The van der Waals surface area contributed by atoms with Crippen molar-refractivity contribution in [3.8, 4) is 5.75 Å². The first-order chi connectivity index (χ1) is 11.3. The number of carbonyl (C=O) groups is 2. The summed E-state index contributed by atoms with van der Waals surface area (Å²) in [5, 5.41) is 12.3. The molecule has 132 valence electrons. The van der Waals surface area contributed by atoms with Gasteiger partial charge in [0.2, 0.25) is 0 Å². The zero-order valence-electron chi connectivity index (χ0n) is 14.4. The van der Waals surface area contributed by atoms with E-state index in [9.17, 15) is 14.7 Å². The van der Waals surface area contributed by atoms with Crippen molar-refractivity contribution in [3.63, 3.8) is 0 Å². The monoisotopic (exact) mass is 351 g/mol. The van der Waals surface area contributed by atoms with E-state index in [4.69, 9.17) is 4.74 Å². The number of thioether (sulfide) groups is 1. The van der Waals surface area contributed by atoms with Crippen LogP contribution < -0.4 is 10.1 Å². The second-order valence-electron chi connectivity index (χ2n) is 6.48. The van der Waals surface area contributed by atoms with Gasteiger partial charge in [-0.2, -0.15) is 11.8 Å². The minimum atomic E-state index is -1.17. The molecule has 1 amide bonds. The molecule has 0 aliphatic carbocycles. The zero-order valence-corrected chi connectivity index (χ0v) is 15.2. The van der Waals surface area contributed by atoms with Gasteiger partial charge in [0.25, 0.3) is 5.91 Å². The molecule has 0 radical (unpaired) electrons. The number of ether oxygens (including phenoxy) is 1. The third kappa shape index (κ3) is 4.44. The van der Waals surface area contributed by atoms with Crippen molar-refractivity contribution in [2.75, 3.05) is 11.5 Å². The molecule has 1 atom stereocenters. The second kappa shape index (κ2) is 7.92. The number of rotatable bonds is 6. The summed E-state index contributed by atoms with van der Waals surface area (Å²) >= 11 is 1.71. The molecule has 1 aromatic carbocycles. The Kier molecular flexibility index (Phi) is 6.15. The fraction of sp³-hybridized carbons (Fsp3) is 0.556. The molecule has 1 fully saturated rings. The average Bonchev–Trinajstić information content (AvgIpc) is 2.55. The molecule has 6 heteroatoms. The number of carbonyl (C=O) groups excluding carboxylic acids is 1. The molecule has 5 nitrogen and oxygen atoms in total. The van der Waals surface area contributed by atoms with Crippen LogP contribution in [0.2, 0.25) is 0 Å². The van der Waals surface area contributed by atoms with Gasteiger partial charge in [0.05, 0.1) is 0 Å². The van der Waals surface area contributed by atoms with Crippen LogP contribution in [0.25, 0.3) is 0 Å². The number of amides is 1. The molecule has 0 aromatic heterocycles. The van der Waals surface area contributed by atoms with E-state index in [1.165, 1.54) is 0 Å². The summed E-state index contributed by atoms with van der Waals surface area (Å²) < 4.78 is 5.72. The van der Waals surface area contributed by atoms with E-state index in [0.717, 1.165) is 17.1 Å². The maximum Gasteiger partial charge on any atom is 0.329 e. The van der Waals surface area contributed by atoms with Crippen LogP contribution in [0.1, 0.15) is 45.1 Å². The number of benzene rings is 1. The maximum atomic E-state index is 12.4. The molecule has 2 rings (SSSR count). The van der Waals surface area contributed by atoms with E-state index in [0.29, 0.717) is 24.5 Å². The lowest BCUT2D eigenvalue weighted by Crippen LogP contribution is -2.58. The second-order valence-corrected chi connectivity index (χ2v) is 7.70. The van der Waals surface area contributed by atoms with Crippen molar-refractivity contribution in [2.45, 2.75) is 51.2 Å². The van der Waals surface area contributed by atoms with Crippen molar-refractivity contribution in [3.05, 3.63) is 29.8 Å². The van der Waals surface area contributed by atoms with Gasteiger partial charge in [-0.1, -0.05) is 26.0 Å². The highest BCUT2D eigenvalue weighted by Gasteiger charge is 2.42. The fourth-order valence-electron chi connectivity index (χ4n) is 2.65. The lowest BCUT2D eigenvalue weighted by Gasteiger charge is -2.34. The molecule has 0 spiro atoms. The Morgan fingerprint density at radius 3 is 2.50 bits per heavy atom. The Hall–Kier alpha value is -1.69. The summed E-state index contributed by atoms with van der Waals surface area (Å²) in [4.78, 5) is 24.1. The number of carboxylic acids is 1. The van der Waals surface area contributed by atoms with Crippen LogP contribution in [-0.4, -0.2) is 40.1 Å². The summed E-state index contributed by atoms with van der Waals surface area (Å²) in [7, 11) is 0. The smallest absolute Gasteiger partial charge is 0.329 e. The van der Waals surface area contributed by atoms with Crippen LogP contribution in [0.4, 0.5) is 0 Å². The van der Waals surface area contributed by atoms with Gasteiger partial charge in [-0.05, 0) is 54.9 Å². The molecule has 1 saturated heterocycles. The van der Waals surface area contributed by atoms with Crippen LogP contribution in [0.15, 0.2) is 24.3 Å². The van der Waals surface area contributed by atoms with Gasteiger partial charge in [0.1, 0.15) is 11.3 Å². The van der Waals surface area contributed by atoms with Crippen LogP contribution in [-0.2, 0) is 9.59 Å². The Balaban J connectivity index is 2.03. The third-order valence-corrected chi connectivity index (χ3v) is 5.31. The number of hydrogen-bond acceptors (Lipinski definition) is 4. The first kappa shape index (κ1) is 18.6. The van der Waals surface area contributed by atoms with E-state index in [1.807, 2.05) is 18.2 Å². The molecule has 1 aromatic rings. The minimum Gasteiger partial charge on any atom is -0.481 e. The molecule has 0 bridgehead atoms. The summed E-state index contributed by atoms with van der Waals surface area (Å²) in [6.07, 6.45) is 0.126. The van der Waals surface area contributed by atoms with Crippen molar-refractivity contribution >= 4 is 23.6 Å². The molecule has 1 heterocycles. The van der Waals surface area contributed by atoms with E-state index < -0.39 is 17.6 Å². The Morgan fingerprint density at radius 1 is 1.25 bits per heavy atom. The molecule has 24 heavy (non-hydrogen) atoms. The normalized spacial score (nSPS) is 18.0. The Labute approximate surface area is 147 Å². The highest BCUT2D eigenvalue weighted by Crippen LogP contribution is 2.28. The van der Waals surface area contributed by atoms with Gasteiger partial charge in [-0.3, -0.25) is 4.79 Å².